The van der Waals surface area contributed by atoms with E-state index in [0.29, 0.717) is 0 Å². The zero-order valence-corrected chi connectivity index (χ0v) is 16.3. The van der Waals surface area contributed by atoms with Gasteiger partial charge in [0.05, 0.1) is 0 Å². The van der Waals surface area contributed by atoms with E-state index >= 15 is 0 Å². The molecule has 2 nitrogen and oxygen atoms in total. The quantitative estimate of drug-likeness (QED) is 0.699. The van der Waals surface area contributed by atoms with Crippen LogP contribution in [0, 0.1) is 41.5 Å². The van der Waals surface area contributed by atoms with Crippen molar-refractivity contribution in [1.82, 2.24) is 0 Å². The Hall–Kier alpha value is -1.87. The van der Waals surface area contributed by atoms with Crippen molar-refractivity contribution in [3.8, 4) is 0 Å². The summed E-state index contributed by atoms with van der Waals surface area (Å²) in [6.45, 7) is 14.9. The average Bonchev–Trinajstić information content (AvgIpc) is 2.79. The number of aryl methyl sites for hydroxylation is 6. The summed E-state index contributed by atoms with van der Waals surface area (Å²) < 4.78 is 0. The summed E-state index contributed by atoms with van der Waals surface area (Å²) in [5.74, 6) is 0. The summed E-state index contributed by atoms with van der Waals surface area (Å²) in [6.07, 6.45) is 0. The van der Waals surface area contributed by atoms with Gasteiger partial charge < -0.3 is 9.80 Å². The van der Waals surface area contributed by atoms with Crippen molar-refractivity contribution in [3.63, 3.8) is 0 Å². The van der Waals surface area contributed by atoms with E-state index in [-0.39, 0.29) is 0 Å². The first-order valence-electron chi connectivity index (χ1n) is 8.54. The summed E-state index contributed by atoms with van der Waals surface area (Å²) in [4.78, 5) is 4.61. The fourth-order valence-corrected chi connectivity index (χ4v) is 4.51. The maximum absolute atomic E-state index is 5.88. The van der Waals surface area contributed by atoms with Crippen LogP contribution in [0.5, 0.6) is 0 Å². The lowest BCUT2D eigenvalue weighted by Gasteiger charge is -2.27. The van der Waals surface area contributed by atoms with Gasteiger partial charge in [0.25, 0.3) is 0 Å². The van der Waals surface area contributed by atoms with Crippen LogP contribution in [-0.4, -0.2) is 18.2 Å². The predicted octanol–water partition coefficient (Wildman–Crippen LogP) is 5.15. The van der Waals surface area contributed by atoms with Crippen molar-refractivity contribution in [2.75, 3.05) is 22.9 Å². The van der Waals surface area contributed by atoms with Crippen LogP contribution < -0.4 is 9.80 Å². The van der Waals surface area contributed by atoms with Crippen molar-refractivity contribution in [1.29, 1.82) is 0 Å². The van der Waals surface area contributed by atoms with Crippen LogP contribution in [0.1, 0.15) is 33.4 Å². The van der Waals surface area contributed by atoms with Gasteiger partial charge in [-0.3, -0.25) is 0 Å². The van der Waals surface area contributed by atoms with Gasteiger partial charge in [0, 0.05) is 24.5 Å². The molecule has 0 radical (unpaired) electrons. The molecular weight excluding hydrogens is 312 g/mol. The van der Waals surface area contributed by atoms with Crippen molar-refractivity contribution in [3.05, 3.63) is 57.6 Å². The minimum absolute atomic E-state index is 0.917. The Morgan fingerprint density at radius 3 is 1.21 bits per heavy atom. The van der Waals surface area contributed by atoms with Crippen molar-refractivity contribution in [2.45, 2.75) is 41.5 Å². The predicted molar refractivity (Wildman–Crippen MR) is 109 cm³/mol. The molecule has 1 aliphatic rings. The Labute approximate surface area is 151 Å². The Kier molecular flexibility index (Phi) is 4.39. The molecule has 0 aromatic heterocycles. The lowest BCUT2D eigenvalue weighted by Crippen LogP contribution is -2.33. The third-order valence-electron chi connectivity index (χ3n) is 4.82. The minimum Gasteiger partial charge on any atom is -0.316 e. The Balaban J connectivity index is 2.00. The second-order valence-electron chi connectivity index (χ2n) is 7.08. The van der Waals surface area contributed by atoms with Gasteiger partial charge in [0.2, 0.25) is 0 Å². The van der Waals surface area contributed by atoms with Gasteiger partial charge in [-0.25, -0.2) is 0 Å². The van der Waals surface area contributed by atoms with Gasteiger partial charge in [0.15, 0.2) is 5.11 Å². The molecule has 126 valence electrons. The normalized spacial score (nSPS) is 14.7. The second kappa shape index (κ2) is 6.21. The highest BCUT2D eigenvalue weighted by atomic mass is 32.1. The highest BCUT2D eigenvalue weighted by Crippen LogP contribution is 2.34. The van der Waals surface area contributed by atoms with Gasteiger partial charge in [-0.15, -0.1) is 0 Å². The van der Waals surface area contributed by atoms with E-state index in [4.69, 9.17) is 12.2 Å². The van der Waals surface area contributed by atoms with E-state index in [2.05, 4.69) is 75.6 Å². The first kappa shape index (κ1) is 17.0. The highest BCUT2D eigenvalue weighted by molar-refractivity contribution is 7.80. The van der Waals surface area contributed by atoms with Gasteiger partial charge in [-0.05, 0) is 76.0 Å². The lowest BCUT2D eigenvalue weighted by molar-refractivity contribution is 1.01. The Morgan fingerprint density at radius 2 is 0.917 bits per heavy atom. The van der Waals surface area contributed by atoms with Crippen molar-refractivity contribution in [2.24, 2.45) is 0 Å². The topological polar surface area (TPSA) is 6.48 Å². The van der Waals surface area contributed by atoms with E-state index in [1.54, 1.807) is 0 Å². The van der Waals surface area contributed by atoms with Gasteiger partial charge in [0.1, 0.15) is 0 Å². The minimum atomic E-state index is 0.917. The summed E-state index contributed by atoms with van der Waals surface area (Å²) in [5, 5.41) is 0.917. The zero-order chi connectivity index (χ0) is 17.6. The number of hydrogen-bond donors (Lipinski definition) is 0. The fraction of sp³-hybridized carbons (Fsp3) is 0.381. The molecule has 0 unspecified atom stereocenters. The average molecular weight is 339 g/mol. The molecular formula is C21H26N2S. The summed E-state index contributed by atoms with van der Waals surface area (Å²) in [5.41, 5.74) is 10.4. The molecule has 1 saturated heterocycles. The smallest absolute Gasteiger partial charge is 0.180 e. The third kappa shape index (κ3) is 2.82. The first-order chi connectivity index (χ1) is 11.3. The first-order valence-corrected chi connectivity index (χ1v) is 8.95. The van der Waals surface area contributed by atoms with E-state index < -0.39 is 0 Å². The van der Waals surface area contributed by atoms with Crippen LogP contribution in [0.25, 0.3) is 0 Å². The van der Waals surface area contributed by atoms with Gasteiger partial charge in [-0.2, -0.15) is 0 Å². The van der Waals surface area contributed by atoms with E-state index in [1.165, 1.54) is 44.8 Å². The fourth-order valence-electron chi connectivity index (χ4n) is 4.15. The van der Waals surface area contributed by atoms with Crippen molar-refractivity contribution >= 4 is 28.7 Å². The highest BCUT2D eigenvalue weighted by Gasteiger charge is 2.30. The maximum Gasteiger partial charge on any atom is 0.180 e. The molecule has 2 aromatic carbocycles. The van der Waals surface area contributed by atoms with Crippen molar-refractivity contribution < 1.29 is 0 Å². The molecule has 0 amide bonds. The molecule has 3 heteroatoms. The monoisotopic (exact) mass is 338 g/mol. The third-order valence-corrected chi connectivity index (χ3v) is 5.26. The van der Waals surface area contributed by atoms with Crippen LogP contribution in [0.4, 0.5) is 11.4 Å². The summed E-state index contributed by atoms with van der Waals surface area (Å²) in [7, 11) is 0. The molecule has 0 aliphatic carbocycles. The van der Waals surface area contributed by atoms with E-state index in [1.807, 2.05) is 0 Å². The molecule has 2 aromatic rings. The summed E-state index contributed by atoms with van der Waals surface area (Å²) >= 11 is 5.88. The van der Waals surface area contributed by atoms with Gasteiger partial charge in [-0.1, -0.05) is 35.4 Å². The van der Waals surface area contributed by atoms with E-state index in [9.17, 15) is 0 Å². The van der Waals surface area contributed by atoms with Crippen LogP contribution >= 0.6 is 12.2 Å². The molecule has 0 N–H and O–H groups in total. The number of anilines is 2. The standard InChI is InChI=1S/C21H26N2S/c1-13-9-15(3)19(16(4)10-13)22-7-8-23(21(22)24)20-17(5)11-14(2)12-18(20)6/h9-12H,7-8H2,1-6H3. The zero-order valence-electron chi connectivity index (χ0n) is 15.5. The number of rotatable bonds is 2. The number of benzene rings is 2. The number of nitrogens with zero attached hydrogens (tertiary/aromatic N) is 2. The van der Waals surface area contributed by atoms with Crippen LogP contribution in [0.2, 0.25) is 0 Å². The molecule has 3 rings (SSSR count). The molecule has 0 bridgehead atoms. The molecule has 0 atom stereocenters. The molecule has 1 aliphatic heterocycles. The Morgan fingerprint density at radius 1 is 0.625 bits per heavy atom. The molecule has 0 saturated carbocycles. The number of hydrogen-bond acceptors (Lipinski definition) is 1. The van der Waals surface area contributed by atoms with E-state index in [0.717, 1.165) is 18.2 Å². The van der Waals surface area contributed by atoms with Gasteiger partial charge >= 0.3 is 0 Å². The lowest BCUT2D eigenvalue weighted by atomic mass is 10.0. The Bertz CT molecular complexity index is 709. The molecule has 0 spiro atoms. The van der Waals surface area contributed by atoms with Crippen LogP contribution in [0.15, 0.2) is 24.3 Å². The molecule has 1 heterocycles. The largest absolute Gasteiger partial charge is 0.316 e. The SMILES string of the molecule is Cc1cc(C)c(N2CCN(c3c(C)cc(C)cc3C)C2=S)c(C)c1. The van der Waals surface area contributed by atoms with Crippen LogP contribution in [0.3, 0.4) is 0 Å². The van der Waals surface area contributed by atoms with Crippen LogP contribution in [-0.2, 0) is 0 Å². The maximum atomic E-state index is 5.88. The molecule has 1 fully saturated rings. The number of thiocarbonyl (C=S) groups is 1. The summed E-state index contributed by atoms with van der Waals surface area (Å²) in [6, 6.07) is 8.98. The second-order valence-corrected chi connectivity index (χ2v) is 7.45. The molecule has 24 heavy (non-hydrogen) atoms.